The molecule has 0 unspecified atom stereocenters. The van der Waals surface area contributed by atoms with Crippen LogP contribution in [0.25, 0.3) is 0 Å². The predicted molar refractivity (Wildman–Crippen MR) is 92.4 cm³/mol. The van der Waals surface area contributed by atoms with Gasteiger partial charge in [-0.25, -0.2) is 13.4 Å². The van der Waals surface area contributed by atoms with E-state index < -0.39 is 10.0 Å². The Morgan fingerprint density at radius 1 is 1.21 bits per heavy atom. The summed E-state index contributed by atoms with van der Waals surface area (Å²) in [5.41, 5.74) is 0.212. The number of carbonyl (C=O) groups is 1. The Morgan fingerprint density at radius 3 is 2.54 bits per heavy atom. The van der Waals surface area contributed by atoms with Crippen LogP contribution >= 0.6 is 23.2 Å². The number of anilines is 2. The summed E-state index contributed by atoms with van der Waals surface area (Å²) >= 11 is 12.0. The quantitative estimate of drug-likeness (QED) is 0.818. The van der Waals surface area contributed by atoms with Gasteiger partial charge < -0.3 is 10.1 Å². The third-order valence-electron chi connectivity index (χ3n) is 2.87. The molecule has 2 aromatic rings. The molecule has 7 nitrogen and oxygen atoms in total. The topological polar surface area (TPSA) is 97.4 Å². The second kappa shape index (κ2) is 7.25. The van der Waals surface area contributed by atoms with E-state index in [1.54, 1.807) is 6.07 Å². The van der Waals surface area contributed by atoms with E-state index in [4.69, 9.17) is 27.9 Å². The van der Waals surface area contributed by atoms with Gasteiger partial charge in [0.25, 0.3) is 10.0 Å². The highest BCUT2D eigenvalue weighted by Gasteiger charge is 2.23. The summed E-state index contributed by atoms with van der Waals surface area (Å²) in [5.74, 6) is -0.165. The summed E-state index contributed by atoms with van der Waals surface area (Å²) in [5, 5.41) is 2.28. The van der Waals surface area contributed by atoms with Gasteiger partial charge in [-0.05, 0) is 24.3 Å². The minimum atomic E-state index is -4.09. The van der Waals surface area contributed by atoms with Gasteiger partial charge in [0.1, 0.15) is 15.7 Å². The molecule has 10 heteroatoms. The van der Waals surface area contributed by atoms with E-state index in [0.717, 1.165) is 0 Å². The number of benzene rings is 1. The molecular formula is C14H13Cl2N3O4S. The van der Waals surface area contributed by atoms with Gasteiger partial charge >= 0.3 is 0 Å². The molecule has 1 heterocycles. The SMILES string of the molecule is COc1ccc(S(=O)(=O)Nc2ncccc2NC(C)=O)c(Cl)c1Cl. The zero-order valence-electron chi connectivity index (χ0n) is 12.6. The number of hydrogen-bond donors (Lipinski definition) is 2. The van der Waals surface area contributed by atoms with Crippen LogP contribution in [0.15, 0.2) is 35.4 Å². The Hall–Kier alpha value is -2.03. The normalized spacial score (nSPS) is 11.0. The van der Waals surface area contributed by atoms with Crippen molar-refractivity contribution in [2.75, 3.05) is 17.1 Å². The molecule has 1 aromatic heterocycles. The Bertz CT molecular complexity index is 888. The van der Waals surface area contributed by atoms with Gasteiger partial charge in [-0.15, -0.1) is 0 Å². The molecule has 128 valence electrons. The molecule has 0 aliphatic rings. The number of ether oxygens (including phenoxy) is 1. The molecule has 24 heavy (non-hydrogen) atoms. The highest BCUT2D eigenvalue weighted by Crippen LogP contribution is 2.37. The van der Waals surface area contributed by atoms with Crippen LogP contribution in [0.3, 0.4) is 0 Å². The lowest BCUT2D eigenvalue weighted by Crippen LogP contribution is -2.17. The molecule has 0 atom stereocenters. The number of methoxy groups -OCH3 is 1. The summed E-state index contributed by atoms with van der Waals surface area (Å²) < 4.78 is 32.4. The van der Waals surface area contributed by atoms with Crippen LogP contribution in [0.1, 0.15) is 6.92 Å². The van der Waals surface area contributed by atoms with Crippen molar-refractivity contribution >= 4 is 50.6 Å². The molecule has 0 saturated heterocycles. The van der Waals surface area contributed by atoms with Gasteiger partial charge in [-0.3, -0.25) is 9.52 Å². The number of aromatic nitrogens is 1. The number of sulfonamides is 1. The largest absolute Gasteiger partial charge is 0.495 e. The molecule has 2 N–H and O–H groups in total. The molecule has 0 spiro atoms. The maximum absolute atomic E-state index is 12.6. The third-order valence-corrected chi connectivity index (χ3v) is 5.23. The summed E-state index contributed by atoms with van der Waals surface area (Å²) in [4.78, 5) is 14.9. The number of pyridine rings is 1. The Morgan fingerprint density at radius 2 is 1.92 bits per heavy atom. The van der Waals surface area contributed by atoms with Gasteiger partial charge in [0.2, 0.25) is 5.91 Å². The van der Waals surface area contributed by atoms with E-state index in [0.29, 0.717) is 0 Å². The van der Waals surface area contributed by atoms with E-state index in [9.17, 15) is 13.2 Å². The monoisotopic (exact) mass is 389 g/mol. The lowest BCUT2D eigenvalue weighted by Gasteiger charge is -2.14. The first kappa shape index (κ1) is 18.3. The first-order chi connectivity index (χ1) is 11.3. The Labute approximate surface area is 149 Å². The van der Waals surface area contributed by atoms with Crippen molar-refractivity contribution in [1.29, 1.82) is 0 Å². The van der Waals surface area contributed by atoms with Gasteiger partial charge in [-0.1, -0.05) is 23.2 Å². The Balaban J connectivity index is 2.44. The fourth-order valence-electron chi connectivity index (χ4n) is 1.84. The van der Waals surface area contributed by atoms with Crippen LogP contribution in [0.2, 0.25) is 10.0 Å². The van der Waals surface area contributed by atoms with Crippen molar-refractivity contribution < 1.29 is 17.9 Å². The van der Waals surface area contributed by atoms with E-state index >= 15 is 0 Å². The number of rotatable bonds is 5. The van der Waals surface area contributed by atoms with Crippen LogP contribution in [0.4, 0.5) is 11.5 Å². The smallest absolute Gasteiger partial charge is 0.264 e. The van der Waals surface area contributed by atoms with Gasteiger partial charge in [0, 0.05) is 13.1 Å². The highest BCUT2D eigenvalue weighted by molar-refractivity contribution is 7.92. The molecule has 1 aromatic carbocycles. The summed E-state index contributed by atoms with van der Waals surface area (Å²) in [6, 6.07) is 5.71. The van der Waals surface area contributed by atoms with E-state index in [1.807, 2.05) is 0 Å². The standard InChI is InChI=1S/C14H13Cl2N3O4S/c1-8(20)18-9-4-3-7-17-14(9)19-24(21,22)11-6-5-10(23-2)12(15)13(11)16/h3-7H,1-2H3,(H,17,19)(H,18,20). The maximum Gasteiger partial charge on any atom is 0.264 e. The fourth-order valence-corrected chi connectivity index (χ4v) is 3.71. The van der Waals surface area contributed by atoms with Gasteiger partial charge in [0.05, 0.1) is 17.8 Å². The van der Waals surface area contributed by atoms with Crippen molar-refractivity contribution in [2.24, 2.45) is 0 Å². The average Bonchev–Trinajstić information content (AvgIpc) is 2.51. The van der Waals surface area contributed by atoms with Crippen LogP contribution in [-0.4, -0.2) is 26.4 Å². The molecule has 2 rings (SSSR count). The molecule has 0 aliphatic heterocycles. The maximum atomic E-state index is 12.6. The summed E-state index contributed by atoms with van der Waals surface area (Å²) in [6.07, 6.45) is 1.38. The zero-order valence-corrected chi connectivity index (χ0v) is 15.0. The number of nitrogens with one attached hydrogen (secondary N) is 2. The van der Waals surface area contributed by atoms with Gasteiger partial charge in [0.15, 0.2) is 5.82 Å². The minimum absolute atomic E-state index is 0.0230. The predicted octanol–water partition coefficient (Wildman–Crippen LogP) is 3.16. The molecule has 0 saturated carbocycles. The van der Waals surface area contributed by atoms with Crippen LogP contribution in [0.5, 0.6) is 5.75 Å². The minimum Gasteiger partial charge on any atom is -0.495 e. The fraction of sp³-hybridized carbons (Fsp3) is 0.143. The van der Waals surface area contributed by atoms with Crippen molar-refractivity contribution in [2.45, 2.75) is 11.8 Å². The van der Waals surface area contributed by atoms with Crippen molar-refractivity contribution in [3.05, 3.63) is 40.5 Å². The number of carbonyl (C=O) groups excluding carboxylic acids is 1. The zero-order chi connectivity index (χ0) is 17.9. The van der Waals surface area contributed by atoms with Crippen LogP contribution < -0.4 is 14.8 Å². The molecular weight excluding hydrogens is 377 g/mol. The number of nitrogens with zero attached hydrogens (tertiary/aromatic N) is 1. The molecule has 0 bridgehead atoms. The highest BCUT2D eigenvalue weighted by atomic mass is 35.5. The van der Waals surface area contributed by atoms with Gasteiger partial charge in [-0.2, -0.15) is 0 Å². The summed E-state index contributed by atoms with van der Waals surface area (Å²) in [7, 11) is -2.70. The summed E-state index contributed by atoms with van der Waals surface area (Å²) in [6.45, 7) is 1.30. The van der Waals surface area contributed by atoms with E-state index in [-0.39, 0.29) is 38.1 Å². The average molecular weight is 390 g/mol. The first-order valence-corrected chi connectivity index (χ1v) is 8.77. The van der Waals surface area contributed by atoms with E-state index in [1.165, 1.54) is 38.4 Å². The lowest BCUT2D eigenvalue weighted by molar-refractivity contribution is -0.114. The van der Waals surface area contributed by atoms with E-state index in [2.05, 4.69) is 15.0 Å². The van der Waals surface area contributed by atoms with Crippen LogP contribution in [0, 0.1) is 0 Å². The second-order valence-electron chi connectivity index (χ2n) is 4.58. The second-order valence-corrected chi connectivity index (χ2v) is 6.99. The van der Waals surface area contributed by atoms with Crippen molar-refractivity contribution in [1.82, 2.24) is 4.98 Å². The molecule has 0 aliphatic carbocycles. The first-order valence-electron chi connectivity index (χ1n) is 6.53. The lowest BCUT2D eigenvalue weighted by atomic mass is 10.3. The molecule has 1 amide bonds. The third kappa shape index (κ3) is 3.89. The Kier molecular flexibility index (Phi) is 5.53. The van der Waals surface area contributed by atoms with Crippen LogP contribution in [-0.2, 0) is 14.8 Å². The van der Waals surface area contributed by atoms with Crippen molar-refractivity contribution in [3.63, 3.8) is 0 Å². The number of hydrogen-bond acceptors (Lipinski definition) is 5. The molecule has 0 radical (unpaired) electrons. The number of amides is 1. The van der Waals surface area contributed by atoms with Crippen molar-refractivity contribution in [3.8, 4) is 5.75 Å². The number of halogens is 2. The molecule has 0 fully saturated rings.